The Bertz CT molecular complexity index is 888. The lowest BCUT2D eigenvalue weighted by atomic mass is 10.2. The largest absolute Gasteiger partial charge is 0.299 e. The van der Waals surface area contributed by atoms with Crippen LogP contribution < -0.4 is 9.62 Å². The second-order valence-corrected chi connectivity index (χ2v) is 9.60. The molecule has 0 saturated carbocycles. The van der Waals surface area contributed by atoms with Crippen LogP contribution in [0.15, 0.2) is 22.5 Å². The van der Waals surface area contributed by atoms with Crippen LogP contribution in [0.5, 0.6) is 0 Å². The second-order valence-electron chi connectivity index (χ2n) is 4.90. The lowest BCUT2D eigenvalue weighted by Crippen LogP contribution is -2.45. The van der Waals surface area contributed by atoms with E-state index in [1.165, 1.54) is 48.2 Å². The fraction of sp³-hybridized carbons (Fsp3) is 0.308. The summed E-state index contributed by atoms with van der Waals surface area (Å²) in [7, 11) is -3.75. The number of carbonyl (C=O) groups is 1. The number of nitrogens with zero attached hydrogens (tertiary/aromatic N) is 3. The Morgan fingerprint density at radius 2 is 2.00 bits per heavy atom. The molecule has 0 spiro atoms. The van der Waals surface area contributed by atoms with Crippen molar-refractivity contribution in [2.75, 3.05) is 22.1 Å². The van der Waals surface area contributed by atoms with Gasteiger partial charge in [0.25, 0.3) is 0 Å². The van der Waals surface area contributed by atoms with Gasteiger partial charge in [-0.1, -0.05) is 46.3 Å². The summed E-state index contributed by atoms with van der Waals surface area (Å²) in [5.74, 6) is -0.541. The summed E-state index contributed by atoms with van der Waals surface area (Å²) in [5, 5.41) is 11.1. The summed E-state index contributed by atoms with van der Waals surface area (Å²) in [6, 6.07) is 3.31. The molecule has 12 heteroatoms. The minimum absolute atomic E-state index is 0.189. The number of thioether (sulfide) groups is 1. The van der Waals surface area contributed by atoms with Gasteiger partial charge in [-0.3, -0.25) is 14.4 Å². The Morgan fingerprint density at radius 3 is 2.52 bits per heavy atom. The number of carbonyl (C=O) groups excluding carboxylic acids is 1. The number of halogens is 2. The van der Waals surface area contributed by atoms with Crippen molar-refractivity contribution in [1.82, 2.24) is 10.2 Å². The number of rotatable bonds is 6. The zero-order chi connectivity index (χ0) is 18.8. The Kier molecular flexibility index (Phi) is 6.55. The highest BCUT2D eigenvalue weighted by atomic mass is 35.5. The molecule has 1 unspecified atom stereocenters. The molecule has 2 aromatic rings. The topological polar surface area (TPSA) is 92.3 Å². The molecule has 136 valence electrons. The van der Waals surface area contributed by atoms with Gasteiger partial charge in [-0.25, -0.2) is 8.42 Å². The Hall–Kier alpha value is -1.07. The second kappa shape index (κ2) is 8.09. The van der Waals surface area contributed by atoms with Gasteiger partial charge in [-0.05, 0) is 31.4 Å². The summed E-state index contributed by atoms with van der Waals surface area (Å²) in [4.78, 5) is 12.5. The van der Waals surface area contributed by atoms with E-state index in [4.69, 9.17) is 23.2 Å². The zero-order valence-corrected chi connectivity index (χ0v) is 17.3. The zero-order valence-electron chi connectivity index (χ0n) is 13.4. The number of hydrogen-bond acceptors (Lipinski definition) is 7. The van der Waals surface area contributed by atoms with E-state index in [0.29, 0.717) is 9.47 Å². The standard InChI is InChI=1S/C13H14Cl2N4O3S3/c1-7(11(20)16-12-17-18-13(23-2)24-12)19(25(3,21)22)8-4-5-9(14)10(15)6-8/h4-7H,1-3H3,(H,16,17,20). The van der Waals surface area contributed by atoms with Crippen LogP contribution in [0.3, 0.4) is 0 Å². The number of hydrogen-bond donors (Lipinski definition) is 1. The Balaban J connectivity index is 2.30. The molecule has 1 atom stereocenters. The first kappa shape index (κ1) is 20.2. The molecule has 0 aliphatic heterocycles. The average molecular weight is 441 g/mol. The quantitative estimate of drug-likeness (QED) is 0.546. The van der Waals surface area contributed by atoms with E-state index in [1.54, 1.807) is 0 Å². The van der Waals surface area contributed by atoms with Crippen molar-refractivity contribution >= 4 is 73.0 Å². The van der Waals surface area contributed by atoms with Crippen molar-refractivity contribution in [3.05, 3.63) is 28.2 Å². The smallest absolute Gasteiger partial charge is 0.249 e. The summed E-state index contributed by atoms with van der Waals surface area (Å²) in [5.41, 5.74) is 0.238. The molecule has 0 bridgehead atoms. The van der Waals surface area contributed by atoms with Crippen molar-refractivity contribution in [2.24, 2.45) is 0 Å². The minimum atomic E-state index is -3.75. The lowest BCUT2D eigenvalue weighted by molar-refractivity contribution is -0.116. The molecule has 0 radical (unpaired) electrons. The number of benzene rings is 1. The van der Waals surface area contributed by atoms with Crippen LogP contribution in [-0.2, 0) is 14.8 Å². The first-order valence-corrected chi connectivity index (χ1v) is 11.4. The highest BCUT2D eigenvalue weighted by Gasteiger charge is 2.30. The molecule has 0 saturated heterocycles. The van der Waals surface area contributed by atoms with E-state index in [-0.39, 0.29) is 15.7 Å². The minimum Gasteiger partial charge on any atom is -0.299 e. The van der Waals surface area contributed by atoms with Gasteiger partial charge in [0, 0.05) is 0 Å². The van der Waals surface area contributed by atoms with Crippen molar-refractivity contribution in [2.45, 2.75) is 17.3 Å². The third kappa shape index (κ3) is 4.98. The van der Waals surface area contributed by atoms with E-state index in [9.17, 15) is 13.2 Å². The van der Waals surface area contributed by atoms with Crippen LogP contribution in [0.1, 0.15) is 6.92 Å². The molecular formula is C13H14Cl2N4O3S3. The predicted octanol–water partition coefficient (Wildman–Crippen LogP) is 3.36. The number of aromatic nitrogens is 2. The van der Waals surface area contributed by atoms with Crippen molar-refractivity contribution in [3.8, 4) is 0 Å². The van der Waals surface area contributed by atoms with Gasteiger partial charge < -0.3 is 0 Å². The number of nitrogens with one attached hydrogen (secondary N) is 1. The van der Waals surface area contributed by atoms with E-state index in [1.807, 2.05) is 6.26 Å². The van der Waals surface area contributed by atoms with Gasteiger partial charge in [-0.2, -0.15) is 0 Å². The van der Waals surface area contributed by atoms with Gasteiger partial charge in [0.15, 0.2) is 4.34 Å². The highest BCUT2D eigenvalue weighted by molar-refractivity contribution is 8.00. The molecule has 1 N–H and O–H groups in total. The molecule has 1 amide bonds. The lowest BCUT2D eigenvalue weighted by Gasteiger charge is -2.28. The predicted molar refractivity (Wildman–Crippen MR) is 104 cm³/mol. The molecular weight excluding hydrogens is 427 g/mol. The number of anilines is 2. The van der Waals surface area contributed by atoms with Gasteiger partial charge >= 0.3 is 0 Å². The van der Waals surface area contributed by atoms with Crippen LogP contribution in [0.2, 0.25) is 10.0 Å². The molecule has 1 heterocycles. The van der Waals surface area contributed by atoms with Crippen LogP contribution in [0.25, 0.3) is 0 Å². The molecule has 7 nitrogen and oxygen atoms in total. The third-order valence-corrected chi connectivity index (χ3v) is 6.85. The van der Waals surface area contributed by atoms with E-state index in [0.717, 1.165) is 10.6 Å². The molecule has 1 aromatic carbocycles. The van der Waals surface area contributed by atoms with Crippen LogP contribution in [0, 0.1) is 0 Å². The van der Waals surface area contributed by atoms with Crippen LogP contribution in [0.4, 0.5) is 10.8 Å². The van der Waals surface area contributed by atoms with E-state index >= 15 is 0 Å². The summed E-state index contributed by atoms with van der Waals surface area (Å²) in [6.45, 7) is 1.47. The van der Waals surface area contributed by atoms with Crippen molar-refractivity contribution < 1.29 is 13.2 Å². The molecule has 0 fully saturated rings. The fourth-order valence-electron chi connectivity index (χ4n) is 1.98. The highest BCUT2D eigenvalue weighted by Crippen LogP contribution is 2.30. The first-order valence-electron chi connectivity index (χ1n) is 6.76. The van der Waals surface area contributed by atoms with Crippen molar-refractivity contribution in [1.29, 1.82) is 0 Å². The van der Waals surface area contributed by atoms with Gasteiger partial charge in [0.05, 0.1) is 22.0 Å². The number of amides is 1. The summed E-state index contributed by atoms with van der Waals surface area (Å²) in [6.07, 6.45) is 2.85. The van der Waals surface area contributed by atoms with E-state index < -0.39 is 22.0 Å². The maximum absolute atomic E-state index is 12.5. The molecule has 0 aliphatic carbocycles. The Labute approximate surface area is 163 Å². The third-order valence-electron chi connectivity index (χ3n) is 3.06. The first-order chi connectivity index (χ1) is 11.6. The Morgan fingerprint density at radius 1 is 1.32 bits per heavy atom. The monoisotopic (exact) mass is 440 g/mol. The van der Waals surface area contributed by atoms with Crippen LogP contribution >= 0.6 is 46.3 Å². The molecule has 25 heavy (non-hydrogen) atoms. The maximum atomic E-state index is 12.5. The van der Waals surface area contributed by atoms with Crippen LogP contribution in [-0.4, -0.2) is 43.1 Å². The fourth-order valence-corrected chi connectivity index (χ4v) is 4.62. The molecule has 2 rings (SSSR count). The maximum Gasteiger partial charge on any atom is 0.249 e. The summed E-state index contributed by atoms with van der Waals surface area (Å²) < 4.78 is 26.1. The molecule has 1 aromatic heterocycles. The van der Waals surface area contributed by atoms with Crippen molar-refractivity contribution in [3.63, 3.8) is 0 Å². The number of sulfonamides is 1. The normalized spacial score (nSPS) is 12.7. The van der Waals surface area contributed by atoms with Gasteiger partial charge in [-0.15, -0.1) is 10.2 Å². The summed E-state index contributed by atoms with van der Waals surface area (Å²) >= 11 is 14.4. The van der Waals surface area contributed by atoms with Gasteiger partial charge in [0.2, 0.25) is 21.1 Å². The van der Waals surface area contributed by atoms with E-state index in [2.05, 4.69) is 15.5 Å². The molecule has 0 aliphatic rings. The average Bonchev–Trinajstić information content (AvgIpc) is 2.97. The SMILES string of the molecule is CSc1nnc(NC(=O)C(C)N(c2ccc(Cl)c(Cl)c2)S(C)(=O)=O)s1. The van der Waals surface area contributed by atoms with Gasteiger partial charge in [0.1, 0.15) is 6.04 Å².